The van der Waals surface area contributed by atoms with E-state index in [1.54, 1.807) is 18.0 Å². The molecule has 0 aliphatic rings. The number of hydrogen-bond donors (Lipinski definition) is 0. The summed E-state index contributed by atoms with van der Waals surface area (Å²) < 4.78 is 5.83. The molecule has 0 amide bonds. The van der Waals surface area contributed by atoms with E-state index in [2.05, 4.69) is 20.9 Å². The molecule has 3 nitrogen and oxygen atoms in total. The number of methoxy groups -OCH3 is 1. The van der Waals surface area contributed by atoms with Gasteiger partial charge in [-0.1, -0.05) is 30.3 Å². The van der Waals surface area contributed by atoms with Crippen LogP contribution in [0.5, 0.6) is 0 Å². The number of thioether (sulfide) groups is 1. The Labute approximate surface area is 130 Å². The molecule has 2 aromatic rings. The third-order valence-corrected chi connectivity index (χ3v) is 4.29. The molecule has 0 N–H and O–H groups in total. The van der Waals surface area contributed by atoms with E-state index in [1.807, 2.05) is 42.5 Å². The van der Waals surface area contributed by atoms with E-state index in [1.165, 1.54) is 7.11 Å². The highest BCUT2D eigenvalue weighted by atomic mass is 79.9. The van der Waals surface area contributed by atoms with Gasteiger partial charge < -0.3 is 4.74 Å². The number of nitrogens with zero attached hydrogens (tertiary/aromatic N) is 1. The second-order valence-corrected chi connectivity index (χ2v) is 6.07. The highest BCUT2D eigenvalue weighted by molar-refractivity contribution is 9.10. The molecular weight excluding hydrogens is 338 g/mol. The van der Waals surface area contributed by atoms with Crippen molar-refractivity contribution in [1.29, 1.82) is 0 Å². The molecule has 1 unspecified atom stereocenters. The molecule has 5 heteroatoms. The van der Waals surface area contributed by atoms with Gasteiger partial charge in [-0.3, -0.25) is 4.79 Å². The van der Waals surface area contributed by atoms with E-state index in [-0.39, 0.29) is 11.9 Å². The van der Waals surface area contributed by atoms with E-state index >= 15 is 0 Å². The lowest BCUT2D eigenvalue weighted by molar-refractivity contribution is -0.141. The number of halogens is 1. The largest absolute Gasteiger partial charge is 0.469 e. The molecule has 1 heterocycles. The van der Waals surface area contributed by atoms with Gasteiger partial charge in [-0.25, -0.2) is 4.98 Å². The van der Waals surface area contributed by atoms with Crippen LogP contribution >= 0.6 is 27.7 Å². The predicted octanol–water partition coefficient (Wildman–Crippen LogP) is 3.89. The third-order valence-electron chi connectivity index (χ3n) is 2.79. The van der Waals surface area contributed by atoms with Gasteiger partial charge in [-0.15, -0.1) is 11.8 Å². The van der Waals surface area contributed by atoms with Gasteiger partial charge in [0.15, 0.2) is 0 Å². The van der Waals surface area contributed by atoms with Crippen LogP contribution in [0.2, 0.25) is 0 Å². The SMILES string of the molecule is COC(=O)C(CSc1ccc(Br)cn1)c1ccccc1. The molecule has 0 saturated carbocycles. The number of pyridine rings is 1. The van der Waals surface area contributed by atoms with Gasteiger partial charge in [0.1, 0.15) is 0 Å². The van der Waals surface area contributed by atoms with Crippen molar-refractivity contribution in [2.45, 2.75) is 10.9 Å². The summed E-state index contributed by atoms with van der Waals surface area (Å²) in [5.41, 5.74) is 0.962. The first-order valence-corrected chi connectivity index (χ1v) is 7.85. The first-order valence-electron chi connectivity index (χ1n) is 6.08. The molecule has 1 aromatic heterocycles. The molecule has 2 rings (SSSR count). The van der Waals surface area contributed by atoms with Gasteiger partial charge in [-0.2, -0.15) is 0 Å². The van der Waals surface area contributed by atoms with Crippen LogP contribution in [0.1, 0.15) is 11.5 Å². The number of benzene rings is 1. The molecule has 0 radical (unpaired) electrons. The molecule has 0 spiro atoms. The molecule has 104 valence electrons. The van der Waals surface area contributed by atoms with Crippen LogP contribution in [0.3, 0.4) is 0 Å². The lowest BCUT2D eigenvalue weighted by Crippen LogP contribution is -2.16. The Bertz CT molecular complexity index is 560. The van der Waals surface area contributed by atoms with E-state index in [9.17, 15) is 4.79 Å². The molecule has 0 saturated heterocycles. The minimum atomic E-state index is -0.281. The third kappa shape index (κ3) is 4.08. The van der Waals surface area contributed by atoms with Crippen molar-refractivity contribution in [2.24, 2.45) is 0 Å². The molecule has 1 atom stereocenters. The summed E-state index contributed by atoms with van der Waals surface area (Å²) in [5, 5.41) is 0.887. The maximum atomic E-state index is 11.9. The fourth-order valence-electron chi connectivity index (χ4n) is 1.74. The monoisotopic (exact) mass is 351 g/mol. The zero-order valence-corrected chi connectivity index (χ0v) is 13.4. The Morgan fingerprint density at radius 3 is 2.65 bits per heavy atom. The maximum absolute atomic E-state index is 11.9. The zero-order chi connectivity index (χ0) is 14.4. The van der Waals surface area contributed by atoms with Crippen LogP contribution in [0.15, 0.2) is 58.2 Å². The van der Waals surface area contributed by atoms with Gasteiger partial charge in [0, 0.05) is 16.4 Å². The summed E-state index contributed by atoms with van der Waals surface area (Å²) in [5.74, 6) is 0.100. The Morgan fingerprint density at radius 2 is 2.05 bits per heavy atom. The predicted molar refractivity (Wildman–Crippen MR) is 83.9 cm³/mol. The second-order valence-electron chi connectivity index (χ2n) is 4.11. The van der Waals surface area contributed by atoms with E-state index in [4.69, 9.17) is 4.74 Å². The van der Waals surface area contributed by atoms with Crippen LogP contribution in [0.4, 0.5) is 0 Å². The van der Waals surface area contributed by atoms with Crippen molar-refractivity contribution >= 4 is 33.7 Å². The molecule has 0 aliphatic heterocycles. The second kappa shape index (κ2) is 7.45. The Kier molecular flexibility index (Phi) is 5.61. The van der Waals surface area contributed by atoms with Crippen LogP contribution < -0.4 is 0 Å². The van der Waals surface area contributed by atoms with Crippen molar-refractivity contribution in [3.63, 3.8) is 0 Å². The van der Waals surface area contributed by atoms with Gasteiger partial charge in [-0.05, 0) is 33.6 Å². The number of carbonyl (C=O) groups excluding carboxylic acids is 1. The van der Waals surface area contributed by atoms with E-state index < -0.39 is 0 Å². The van der Waals surface area contributed by atoms with Crippen molar-refractivity contribution in [2.75, 3.05) is 12.9 Å². The van der Waals surface area contributed by atoms with E-state index in [0.717, 1.165) is 15.1 Å². The standard InChI is InChI=1S/C15H14BrNO2S/c1-19-15(18)13(11-5-3-2-4-6-11)10-20-14-8-7-12(16)9-17-14/h2-9,13H,10H2,1H3. The number of rotatable bonds is 5. The highest BCUT2D eigenvalue weighted by Crippen LogP contribution is 2.26. The zero-order valence-electron chi connectivity index (χ0n) is 11.0. The van der Waals surface area contributed by atoms with Gasteiger partial charge in [0.2, 0.25) is 0 Å². The lowest BCUT2D eigenvalue weighted by atomic mass is 10.0. The normalized spacial score (nSPS) is 11.9. The number of aromatic nitrogens is 1. The van der Waals surface area contributed by atoms with Gasteiger partial charge in [0.25, 0.3) is 0 Å². The minimum absolute atomic E-state index is 0.221. The quantitative estimate of drug-likeness (QED) is 0.605. The maximum Gasteiger partial charge on any atom is 0.313 e. The average Bonchev–Trinajstić information content (AvgIpc) is 2.50. The molecule has 0 fully saturated rings. The number of esters is 1. The van der Waals surface area contributed by atoms with Crippen LogP contribution in [0.25, 0.3) is 0 Å². The van der Waals surface area contributed by atoms with Crippen molar-refractivity contribution in [3.05, 3.63) is 58.7 Å². The summed E-state index contributed by atoms with van der Waals surface area (Å²) in [6.07, 6.45) is 1.75. The summed E-state index contributed by atoms with van der Waals surface area (Å²) in [7, 11) is 1.42. The summed E-state index contributed by atoms with van der Waals surface area (Å²) in [6, 6.07) is 13.5. The lowest BCUT2D eigenvalue weighted by Gasteiger charge is -2.14. The summed E-state index contributed by atoms with van der Waals surface area (Å²) in [4.78, 5) is 16.2. The Hall–Kier alpha value is -1.33. The molecule has 0 aliphatic carbocycles. The van der Waals surface area contributed by atoms with Crippen LogP contribution in [-0.4, -0.2) is 23.8 Å². The van der Waals surface area contributed by atoms with Gasteiger partial charge >= 0.3 is 5.97 Å². The van der Waals surface area contributed by atoms with Crippen LogP contribution in [0, 0.1) is 0 Å². The van der Waals surface area contributed by atoms with Crippen molar-refractivity contribution in [1.82, 2.24) is 4.98 Å². The van der Waals surface area contributed by atoms with Crippen LogP contribution in [-0.2, 0) is 9.53 Å². The first kappa shape index (κ1) is 15.1. The van der Waals surface area contributed by atoms with Crippen molar-refractivity contribution < 1.29 is 9.53 Å². The fourth-order valence-corrected chi connectivity index (χ4v) is 2.94. The fraction of sp³-hybridized carbons (Fsp3) is 0.200. The Morgan fingerprint density at radius 1 is 1.30 bits per heavy atom. The molecule has 0 bridgehead atoms. The highest BCUT2D eigenvalue weighted by Gasteiger charge is 2.21. The molecule has 1 aromatic carbocycles. The van der Waals surface area contributed by atoms with E-state index in [0.29, 0.717) is 5.75 Å². The van der Waals surface area contributed by atoms with Gasteiger partial charge in [0.05, 0.1) is 18.1 Å². The molecular formula is C15H14BrNO2S. The molecule has 20 heavy (non-hydrogen) atoms. The smallest absolute Gasteiger partial charge is 0.313 e. The first-order chi connectivity index (χ1) is 9.70. The summed E-state index contributed by atoms with van der Waals surface area (Å²) in [6.45, 7) is 0. The minimum Gasteiger partial charge on any atom is -0.469 e. The number of ether oxygens (including phenoxy) is 1. The number of carbonyl (C=O) groups is 1. The van der Waals surface area contributed by atoms with Crippen molar-refractivity contribution in [3.8, 4) is 0 Å². The average molecular weight is 352 g/mol. The Balaban J connectivity index is 2.09. The number of hydrogen-bond acceptors (Lipinski definition) is 4. The summed E-state index contributed by atoms with van der Waals surface area (Å²) >= 11 is 4.89. The topological polar surface area (TPSA) is 39.2 Å².